The number of rotatable bonds is 11. The van der Waals surface area contributed by atoms with Crippen LogP contribution in [0, 0.1) is 13.8 Å². The summed E-state index contributed by atoms with van der Waals surface area (Å²) >= 11 is -1.45. The van der Waals surface area contributed by atoms with Gasteiger partial charge < -0.3 is 30.7 Å². The Balaban J connectivity index is 1.66. The molecule has 1 aliphatic rings. The number of carbonyl (C=O) groups is 2. The number of carbonyl (C=O) groups excluding carboxylic acids is 2. The number of nitrogens with two attached hydrogens (primary N) is 2. The maximum absolute atomic E-state index is 13.5. The zero-order chi connectivity index (χ0) is 31.1. The van der Waals surface area contributed by atoms with Crippen molar-refractivity contribution in [1.82, 2.24) is 19.9 Å². The predicted molar refractivity (Wildman–Crippen MR) is 169 cm³/mol. The van der Waals surface area contributed by atoms with Crippen molar-refractivity contribution in [1.29, 1.82) is 0 Å². The summed E-state index contributed by atoms with van der Waals surface area (Å²) in [7, 11) is 0. The number of ether oxygens (including phenoxy) is 1. The second-order valence-electron chi connectivity index (χ2n) is 10.5. The van der Waals surface area contributed by atoms with Gasteiger partial charge in [-0.2, -0.15) is 0 Å². The van der Waals surface area contributed by atoms with Gasteiger partial charge in [0.2, 0.25) is 16.7 Å². The van der Waals surface area contributed by atoms with Crippen LogP contribution in [0.3, 0.4) is 0 Å². The van der Waals surface area contributed by atoms with Crippen molar-refractivity contribution in [3.63, 3.8) is 0 Å². The molecule has 12 heteroatoms. The fourth-order valence-corrected chi connectivity index (χ4v) is 6.36. The molecule has 4 rings (SSSR count). The maximum Gasteiger partial charge on any atom is 0.272 e. The summed E-state index contributed by atoms with van der Waals surface area (Å²) in [6.07, 6.45) is 1.80. The number of hydrogen-bond acceptors (Lipinski definition) is 9. The SMILES string of the molecule is CCN(N)c1ccc(C(CC(=O)NCCNC(C)=O)c2ccc(C)c(CN3CCOc4ncccc4[S+]3[O-])c2)c(C)c1N. The van der Waals surface area contributed by atoms with E-state index in [1.807, 2.05) is 49.3 Å². The minimum absolute atomic E-state index is 0.150. The molecule has 0 saturated carbocycles. The van der Waals surface area contributed by atoms with Crippen molar-refractivity contribution in [2.24, 2.45) is 5.84 Å². The van der Waals surface area contributed by atoms with E-state index >= 15 is 0 Å². The Morgan fingerprint density at radius 1 is 1.19 bits per heavy atom. The van der Waals surface area contributed by atoms with E-state index in [0.717, 1.165) is 33.5 Å². The molecule has 0 fully saturated rings. The van der Waals surface area contributed by atoms with E-state index in [-0.39, 0.29) is 24.2 Å². The fourth-order valence-electron chi connectivity index (χ4n) is 5.12. The van der Waals surface area contributed by atoms with Crippen LogP contribution in [-0.4, -0.2) is 58.4 Å². The Bertz CT molecular complexity index is 1450. The second-order valence-corrected chi connectivity index (χ2v) is 12.0. The Kier molecular flexibility index (Phi) is 10.9. The number of aromatic nitrogens is 1. The van der Waals surface area contributed by atoms with Gasteiger partial charge >= 0.3 is 0 Å². The average molecular weight is 608 g/mol. The van der Waals surface area contributed by atoms with E-state index in [0.29, 0.717) is 55.8 Å². The summed E-state index contributed by atoms with van der Waals surface area (Å²) in [5.41, 5.74) is 12.6. The molecule has 2 amide bonds. The second kappa shape index (κ2) is 14.6. The highest BCUT2D eigenvalue weighted by Gasteiger charge is 2.31. The molecule has 11 nitrogen and oxygen atoms in total. The first-order chi connectivity index (χ1) is 20.6. The van der Waals surface area contributed by atoms with Crippen LogP contribution in [0.2, 0.25) is 0 Å². The lowest BCUT2D eigenvalue weighted by Gasteiger charge is -2.26. The lowest BCUT2D eigenvalue weighted by molar-refractivity contribution is -0.122. The highest BCUT2D eigenvalue weighted by Crippen LogP contribution is 2.37. The van der Waals surface area contributed by atoms with E-state index in [1.165, 1.54) is 6.92 Å². The molecule has 230 valence electrons. The van der Waals surface area contributed by atoms with Gasteiger partial charge in [0.1, 0.15) is 6.61 Å². The summed E-state index contributed by atoms with van der Waals surface area (Å²) < 4.78 is 21.1. The van der Waals surface area contributed by atoms with Gasteiger partial charge in [0.25, 0.3) is 5.88 Å². The third-order valence-corrected chi connectivity index (χ3v) is 9.10. The monoisotopic (exact) mass is 607 g/mol. The van der Waals surface area contributed by atoms with Crippen LogP contribution in [0.25, 0.3) is 0 Å². The number of pyridine rings is 1. The fraction of sp³-hybridized carbons (Fsp3) is 0.387. The quantitative estimate of drug-likeness (QED) is 0.0844. The molecule has 2 unspecified atom stereocenters. The number of amides is 2. The van der Waals surface area contributed by atoms with Crippen LogP contribution in [0.5, 0.6) is 5.88 Å². The van der Waals surface area contributed by atoms with Gasteiger partial charge in [-0.05, 0) is 60.7 Å². The van der Waals surface area contributed by atoms with Crippen molar-refractivity contribution >= 4 is 34.6 Å². The van der Waals surface area contributed by atoms with Gasteiger partial charge in [-0.1, -0.05) is 24.3 Å². The van der Waals surface area contributed by atoms with E-state index < -0.39 is 11.4 Å². The van der Waals surface area contributed by atoms with E-state index in [4.69, 9.17) is 16.3 Å². The molecular weight excluding hydrogens is 566 g/mol. The minimum atomic E-state index is -1.45. The van der Waals surface area contributed by atoms with Crippen LogP contribution in [0.1, 0.15) is 54.0 Å². The molecule has 0 saturated heterocycles. The largest absolute Gasteiger partial charge is 0.593 e. The predicted octanol–water partition coefficient (Wildman–Crippen LogP) is 2.67. The Labute approximate surface area is 256 Å². The number of nitrogens with zero attached hydrogens (tertiary/aromatic N) is 3. The van der Waals surface area contributed by atoms with Crippen LogP contribution in [-0.2, 0) is 27.5 Å². The van der Waals surface area contributed by atoms with Crippen molar-refractivity contribution in [3.05, 3.63) is 76.5 Å². The summed E-state index contributed by atoms with van der Waals surface area (Å²) in [6, 6.07) is 13.6. The number of benzene rings is 2. The number of aryl methyl sites for hydroxylation is 1. The van der Waals surface area contributed by atoms with E-state index in [1.54, 1.807) is 23.3 Å². The van der Waals surface area contributed by atoms with Crippen LogP contribution < -0.4 is 32.0 Å². The molecule has 6 N–H and O–H groups in total. The number of hydrazine groups is 1. The molecule has 0 aliphatic carbocycles. The van der Waals surface area contributed by atoms with Crippen molar-refractivity contribution in [3.8, 4) is 5.88 Å². The minimum Gasteiger partial charge on any atom is -0.593 e. The number of nitrogens with one attached hydrogen (secondary N) is 2. The number of nitrogen functional groups attached to an aromatic ring is 1. The zero-order valence-electron chi connectivity index (χ0n) is 25.2. The molecule has 1 aliphatic heterocycles. The lowest BCUT2D eigenvalue weighted by atomic mass is 9.83. The standard InChI is InChI=1S/C31H41N7O4S/c1-5-38(33)27-11-10-25(21(3)30(27)32)26(18-29(40)35-14-13-34-22(4)39)23-9-8-20(2)24(17-23)19-37-15-16-42-31-28(43(37)41)7-6-12-36-31/h6-12,17,26H,5,13-16,18-19,32-33H2,1-4H3,(H,34,39)(H,35,40). The number of fused-ring (bicyclic) bond motifs is 1. The van der Waals surface area contributed by atoms with Gasteiger partial charge in [0.05, 0.1) is 35.8 Å². The smallest absolute Gasteiger partial charge is 0.272 e. The molecular formula is C31H41N7O4S. The molecule has 2 heterocycles. The average Bonchev–Trinajstić information content (AvgIpc) is 3.14. The highest BCUT2D eigenvalue weighted by atomic mass is 32.2. The van der Waals surface area contributed by atoms with Crippen LogP contribution in [0.4, 0.5) is 11.4 Å². The van der Waals surface area contributed by atoms with Gasteiger partial charge in [-0.15, -0.1) is 4.31 Å². The van der Waals surface area contributed by atoms with Gasteiger partial charge in [0.15, 0.2) is 0 Å². The third-order valence-electron chi connectivity index (χ3n) is 7.63. The molecule has 2 atom stereocenters. The van der Waals surface area contributed by atoms with Crippen LogP contribution >= 0.6 is 0 Å². The first-order valence-electron chi connectivity index (χ1n) is 14.4. The van der Waals surface area contributed by atoms with Crippen molar-refractivity contribution in [2.75, 3.05) is 43.5 Å². The lowest BCUT2D eigenvalue weighted by Crippen LogP contribution is -2.34. The number of anilines is 2. The van der Waals surface area contributed by atoms with Gasteiger partial charge in [-0.25, -0.2) is 10.8 Å². The van der Waals surface area contributed by atoms with E-state index in [2.05, 4.69) is 21.7 Å². The van der Waals surface area contributed by atoms with Crippen molar-refractivity contribution < 1.29 is 18.9 Å². The zero-order valence-corrected chi connectivity index (χ0v) is 26.0. The third kappa shape index (κ3) is 7.77. The summed E-state index contributed by atoms with van der Waals surface area (Å²) in [5.74, 6) is 5.95. The Hall–Kier alpha value is -3.84. The molecule has 3 aromatic rings. The van der Waals surface area contributed by atoms with Gasteiger partial charge in [0, 0.05) is 51.2 Å². The molecule has 2 aromatic carbocycles. The normalized spacial score (nSPS) is 15.5. The molecule has 43 heavy (non-hydrogen) atoms. The first kappa shape index (κ1) is 32.1. The number of hydrogen-bond donors (Lipinski definition) is 4. The summed E-state index contributed by atoms with van der Waals surface area (Å²) in [4.78, 5) is 29.2. The van der Waals surface area contributed by atoms with Crippen LogP contribution in [0.15, 0.2) is 53.6 Å². The highest BCUT2D eigenvalue weighted by molar-refractivity contribution is 7.89. The molecule has 0 radical (unpaired) electrons. The van der Waals surface area contributed by atoms with Gasteiger partial charge in [-0.3, -0.25) is 9.59 Å². The molecule has 1 aromatic heterocycles. The molecule has 0 bridgehead atoms. The Morgan fingerprint density at radius 3 is 2.70 bits per heavy atom. The summed E-state index contributed by atoms with van der Waals surface area (Å²) in [6.45, 7) is 9.88. The first-order valence-corrected chi connectivity index (χ1v) is 15.5. The van der Waals surface area contributed by atoms with Crippen molar-refractivity contribution in [2.45, 2.75) is 51.5 Å². The Morgan fingerprint density at radius 2 is 1.95 bits per heavy atom. The van der Waals surface area contributed by atoms with E-state index in [9.17, 15) is 14.1 Å². The maximum atomic E-state index is 13.5. The summed E-state index contributed by atoms with van der Waals surface area (Å²) in [5, 5.41) is 7.20. The molecule has 0 spiro atoms. The topological polar surface area (TPSA) is 162 Å².